The molecule has 218 valence electrons. The summed E-state index contributed by atoms with van der Waals surface area (Å²) in [6, 6.07) is 13.1. The van der Waals surface area contributed by atoms with Crippen LogP contribution in [0.3, 0.4) is 0 Å². The van der Waals surface area contributed by atoms with Gasteiger partial charge >= 0.3 is 5.97 Å². The molecule has 2 atom stereocenters. The molecule has 1 aliphatic rings. The molecular formula is C30H38N6O5. The molecule has 3 N–H and O–H groups in total. The lowest BCUT2D eigenvalue weighted by Crippen LogP contribution is -2.52. The van der Waals surface area contributed by atoms with Gasteiger partial charge in [0.25, 0.3) is 0 Å². The van der Waals surface area contributed by atoms with Gasteiger partial charge in [-0.2, -0.15) is 0 Å². The Labute approximate surface area is 239 Å². The summed E-state index contributed by atoms with van der Waals surface area (Å²) in [4.78, 5) is 61.5. The number of rotatable bonds is 13. The van der Waals surface area contributed by atoms with Gasteiger partial charge in [-0.3, -0.25) is 19.3 Å². The summed E-state index contributed by atoms with van der Waals surface area (Å²) < 4.78 is 4.85. The van der Waals surface area contributed by atoms with Crippen molar-refractivity contribution in [3.05, 3.63) is 66.2 Å². The Morgan fingerprint density at radius 1 is 1.15 bits per heavy atom. The highest BCUT2D eigenvalue weighted by Gasteiger charge is 2.31. The van der Waals surface area contributed by atoms with E-state index in [0.29, 0.717) is 19.6 Å². The first-order valence-electron chi connectivity index (χ1n) is 14.0. The first-order valence-corrected chi connectivity index (χ1v) is 14.0. The fourth-order valence-corrected chi connectivity index (χ4v) is 5.27. The molecule has 0 spiro atoms. The number of hydrogen-bond donors (Lipinski definition) is 3. The fourth-order valence-electron chi connectivity index (χ4n) is 5.27. The number of fused-ring (bicyclic) bond motifs is 1. The number of carbonyl (C=O) groups is 4. The Morgan fingerprint density at radius 3 is 2.71 bits per heavy atom. The number of imidazole rings is 1. The van der Waals surface area contributed by atoms with Gasteiger partial charge in [0, 0.05) is 50.5 Å². The van der Waals surface area contributed by atoms with Gasteiger partial charge in [-0.25, -0.2) is 9.78 Å². The van der Waals surface area contributed by atoms with Gasteiger partial charge in [-0.15, -0.1) is 0 Å². The summed E-state index contributed by atoms with van der Waals surface area (Å²) in [5.74, 6) is -1.22. The van der Waals surface area contributed by atoms with Crippen molar-refractivity contribution in [1.82, 2.24) is 30.4 Å². The van der Waals surface area contributed by atoms with E-state index in [9.17, 15) is 19.2 Å². The molecule has 2 heterocycles. The predicted octanol–water partition coefficient (Wildman–Crippen LogP) is 1.78. The second-order valence-electron chi connectivity index (χ2n) is 10.2. The van der Waals surface area contributed by atoms with Crippen molar-refractivity contribution in [3.8, 4) is 0 Å². The molecule has 1 saturated heterocycles. The summed E-state index contributed by atoms with van der Waals surface area (Å²) in [7, 11) is 1.24. The zero-order chi connectivity index (χ0) is 29.2. The quantitative estimate of drug-likeness (QED) is 0.270. The molecular weight excluding hydrogens is 524 g/mol. The molecule has 0 saturated carbocycles. The molecule has 1 aromatic heterocycles. The molecule has 0 bridgehead atoms. The number of hydrogen-bond acceptors (Lipinski definition) is 7. The third-order valence-corrected chi connectivity index (χ3v) is 7.35. The van der Waals surface area contributed by atoms with E-state index in [1.54, 1.807) is 19.4 Å². The smallest absolute Gasteiger partial charge is 0.330 e. The highest BCUT2D eigenvalue weighted by molar-refractivity contribution is 5.87. The number of ether oxygens (including phenoxy) is 1. The van der Waals surface area contributed by atoms with E-state index in [0.717, 1.165) is 34.9 Å². The van der Waals surface area contributed by atoms with E-state index >= 15 is 0 Å². The number of likely N-dealkylation sites (tertiary alicyclic amines) is 1. The molecule has 1 aliphatic heterocycles. The standard InChI is InChI=1S/C30H38N6O5/c1-3-27(37)32-16-26(30(40)41-2)34-28(38)19-35(17-22-10-6-9-21-8-4-5-12-25(21)22)18-24-11-7-13-36(24)29(39)14-23-15-31-20-33-23/h4-6,8-10,12,15,20,24,26H,3,7,11,13-14,16-19H2,1-2H3,(H,31,33)(H,32,37)(H,34,38)/t24?,26-/m0/s1. The van der Waals surface area contributed by atoms with Crippen LogP contribution in [0.1, 0.15) is 37.4 Å². The summed E-state index contributed by atoms with van der Waals surface area (Å²) >= 11 is 0. The lowest BCUT2D eigenvalue weighted by molar-refractivity contribution is -0.145. The van der Waals surface area contributed by atoms with Crippen molar-refractivity contribution in [3.63, 3.8) is 0 Å². The average Bonchev–Trinajstić information content (AvgIpc) is 3.67. The molecule has 3 aromatic rings. The third kappa shape index (κ3) is 8.14. The van der Waals surface area contributed by atoms with Gasteiger partial charge in [0.05, 0.1) is 26.4 Å². The van der Waals surface area contributed by atoms with Crippen molar-refractivity contribution < 1.29 is 23.9 Å². The van der Waals surface area contributed by atoms with E-state index in [4.69, 9.17) is 4.74 Å². The Balaban J connectivity index is 1.51. The molecule has 1 fully saturated rings. The number of aromatic amines is 1. The lowest BCUT2D eigenvalue weighted by Gasteiger charge is -2.31. The van der Waals surface area contributed by atoms with Crippen LogP contribution >= 0.6 is 0 Å². The van der Waals surface area contributed by atoms with Crippen LogP contribution in [-0.4, -0.2) is 88.8 Å². The maximum atomic E-state index is 13.3. The Morgan fingerprint density at radius 2 is 1.95 bits per heavy atom. The minimum Gasteiger partial charge on any atom is -0.467 e. The van der Waals surface area contributed by atoms with Gasteiger partial charge in [-0.05, 0) is 29.2 Å². The second kappa shape index (κ2) is 14.4. The molecule has 11 heteroatoms. The second-order valence-corrected chi connectivity index (χ2v) is 10.2. The summed E-state index contributed by atoms with van der Waals surface area (Å²) in [5.41, 5.74) is 1.82. The number of carbonyl (C=O) groups excluding carboxylic acids is 4. The number of aromatic nitrogens is 2. The van der Waals surface area contributed by atoms with Crippen molar-refractivity contribution in [2.24, 2.45) is 0 Å². The highest BCUT2D eigenvalue weighted by Crippen LogP contribution is 2.23. The Bertz CT molecular complexity index is 1340. The van der Waals surface area contributed by atoms with Gasteiger partial charge in [-0.1, -0.05) is 49.4 Å². The molecule has 11 nitrogen and oxygen atoms in total. The maximum Gasteiger partial charge on any atom is 0.330 e. The fraction of sp³-hybridized carbons (Fsp3) is 0.433. The van der Waals surface area contributed by atoms with Crippen LogP contribution in [0.25, 0.3) is 10.8 Å². The minimum atomic E-state index is -1.01. The first kappa shape index (κ1) is 29.7. The monoisotopic (exact) mass is 562 g/mol. The van der Waals surface area contributed by atoms with Crippen LogP contribution in [-0.2, 0) is 36.9 Å². The van der Waals surface area contributed by atoms with Gasteiger partial charge in [0.2, 0.25) is 17.7 Å². The van der Waals surface area contributed by atoms with E-state index in [-0.39, 0.29) is 49.7 Å². The number of amides is 3. The van der Waals surface area contributed by atoms with Crippen LogP contribution in [0, 0.1) is 0 Å². The topological polar surface area (TPSA) is 137 Å². The molecule has 41 heavy (non-hydrogen) atoms. The highest BCUT2D eigenvalue weighted by atomic mass is 16.5. The molecule has 3 amide bonds. The first-order chi connectivity index (χ1) is 19.9. The largest absolute Gasteiger partial charge is 0.467 e. The van der Waals surface area contributed by atoms with Crippen LogP contribution < -0.4 is 10.6 Å². The van der Waals surface area contributed by atoms with Crippen molar-refractivity contribution in [2.75, 3.05) is 33.3 Å². The zero-order valence-corrected chi connectivity index (χ0v) is 23.6. The Hall–Kier alpha value is -4.25. The van der Waals surface area contributed by atoms with E-state index < -0.39 is 12.0 Å². The SMILES string of the molecule is CCC(=O)NC[C@H](NC(=O)CN(Cc1cccc2ccccc12)CC1CCCN1C(=O)Cc1cnc[nH]1)C(=O)OC. The van der Waals surface area contributed by atoms with Crippen molar-refractivity contribution in [2.45, 2.75) is 51.2 Å². The van der Waals surface area contributed by atoms with Crippen molar-refractivity contribution >= 4 is 34.5 Å². The summed E-state index contributed by atoms with van der Waals surface area (Å²) in [6.07, 6.45) is 5.43. The van der Waals surface area contributed by atoms with Gasteiger partial charge < -0.3 is 25.3 Å². The van der Waals surface area contributed by atoms with Crippen molar-refractivity contribution in [1.29, 1.82) is 0 Å². The molecule has 4 rings (SSSR count). The predicted molar refractivity (Wildman–Crippen MR) is 153 cm³/mol. The van der Waals surface area contributed by atoms with Gasteiger partial charge in [0.1, 0.15) is 6.04 Å². The number of nitrogens with zero attached hydrogens (tertiary/aromatic N) is 3. The summed E-state index contributed by atoms with van der Waals surface area (Å²) in [5, 5.41) is 7.56. The average molecular weight is 563 g/mol. The van der Waals surface area contributed by atoms with Crippen LogP contribution in [0.2, 0.25) is 0 Å². The summed E-state index contributed by atoms with van der Waals surface area (Å²) in [6.45, 7) is 3.26. The lowest BCUT2D eigenvalue weighted by atomic mass is 10.0. The Kier molecular flexibility index (Phi) is 10.4. The number of esters is 1. The normalized spacial score (nSPS) is 15.6. The number of benzene rings is 2. The molecule has 0 radical (unpaired) electrons. The minimum absolute atomic E-state index is 0.00246. The molecule has 2 aromatic carbocycles. The van der Waals surface area contributed by atoms with Gasteiger partial charge in [0.15, 0.2) is 0 Å². The van der Waals surface area contributed by atoms with E-state index in [1.165, 1.54) is 7.11 Å². The number of H-pyrrole nitrogens is 1. The zero-order valence-electron chi connectivity index (χ0n) is 23.6. The number of methoxy groups -OCH3 is 1. The maximum absolute atomic E-state index is 13.3. The van der Waals surface area contributed by atoms with Crippen LogP contribution in [0.5, 0.6) is 0 Å². The van der Waals surface area contributed by atoms with E-state index in [2.05, 4.69) is 26.7 Å². The molecule has 1 unspecified atom stereocenters. The third-order valence-electron chi connectivity index (χ3n) is 7.35. The number of nitrogens with one attached hydrogen (secondary N) is 3. The van der Waals surface area contributed by atoms with Crippen LogP contribution in [0.15, 0.2) is 55.0 Å². The van der Waals surface area contributed by atoms with E-state index in [1.807, 2.05) is 46.2 Å². The molecule has 0 aliphatic carbocycles. The van der Waals surface area contributed by atoms with Crippen LogP contribution in [0.4, 0.5) is 0 Å².